The molecule has 1 aromatic heterocycles. The fourth-order valence-electron chi connectivity index (χ4n) is 5.30. The number of halogens is 2. The van der Waals surface area contributed by atoms with Crippen molar-refractivity contribution >= 4 is 68.8 Å². The third kappa shape index (κ3) is 5.42. The smallest absolute Gasteiger partial charge is 0.229 e. The maximum absolute atomic E-state index is 12.7. The molecule has 0 atom stereocenters. The molecule has 0 aliphatic carbocycles. The van der Waals surface area contributed by atoms with Gasteiger partial charge in [0, 0.05) is 41.6 Å². The Labute approximate surface area is 226 Å². The molecule has 7 nitrogen and oxygen atoms in total. The Morgan fingerprint density at radius 1 is 1.08 bits per heavy atom. The molecule has 3 aromatic rings. The van der Waals surface area contributed by atoms with Gasteiger partial charge in [-0.2, -0.15) is 4.98 Å². The standard InChI is InChI=1S/C26H31BrClN6OP/c1-33-16-26(17-33)10-12-34(13-11-26)22-9-8-18(14-19(22)27)30-25-29-15-20(28)24(32-25)31-21-6-4-5-7-23(21)36(2,3)35/h4-9,14-15H,10-13,16-17H2,1-3H3,(H2,29,30,31,32). The molecule has 0 bridgehead atoms. The molecule has 0 amide bonds. The SMILES string of the molecule is CN1CC2(CCN(c3ccc(Nc4ncc(Cl)c(Nc5ccccc5P(C)(C)=O)n4)cc3Br)CC2)C1. The van der Waals surface area contributed by atoms with Gasteiger partial charge in [0.1, 0.15) is 12.2 Å². The van der Waals surface area contributed by atoms with E-state index < -0.39 is 7.14 Å². The molecule has 2 fully saturated rings. The Kier molecular flexibility index (Phi) is 7.07. The van der Waals surface area contributed by atoms with Crippen LogP contribution in [0.2, 0.25) is 5.02 Å². The molecule has 10 heteroatoms. The van der Waals surface area contributed by atoms with Crippen LogP contribution in [0.4, 0.5) is 28.8 Å². The fraction of sp³-hybridized carbons (Fsp3) is 0.385. The van der Waals surface area contributed by atoms with Crippen LogP contribution in [0.15, 0.2) is 53.1 Å². The number of para-hydroxylation sites is 1. The van der Waals surface area contributed by atoms with E-state index in [1.807, 2.05) is 30.3 Å². The average molecular weight is 590 g/mol. The maximum Gasteiger partial charge on any atom is 0.229 e. The van der Waals surface area contributed by atoms with Gasteiger partial charge in [0.15, 0.2) is 5.82 Å². The first-order valence-electron chi connectivity index (χ1n) is 12.1. The van der Waals surface area contributed by atoms with E-state index in [9.17, 15) is 4.57 Å². The monoisotopic (exact) mass is 588 g/mol. The van der Waals surface area contributed by atoms with Crippen LogP contribution in [0.3, 0.4) is 0 Å². The summed E-state index contributed by atoms with van der Waals surface area (Å²) in [7, 11) is -0.276. The summed E-state index contributed by atoms with van der Waals surface area (Å²) in [5, 5.41) is 7.66. The van der Waals surface area contributed by atoms with Crippen molar-refractivity contribution in [3.8, 4) is 0 Å². The van der Waals surface area contributed by atoms with Crippen molar-refractivity contribution in [1.29, 1.82) is 0 Å². The molecule has 0 unspecified atom stereocenters. The van der Waals surface area contributed by atoms with Gasteiger partial charge in [0.05, 0.1) is 17.6 Å². The van der Waals surface area contributed by atoms with E-state index in [1.54, 1.807) is 19.5 Å². The number of piperidine rings is 1. The van der Waals surface area contributed by atoms with Crippen molar-refractivity contribution in [2.24, 2.45) is 5.41 Å². The molecule has 1 spiro atoms. The van der Waals surface area contributed by atoms with E-state index in [4.69, 9.17) is 11.6 Å². The van der Waals surface area contributed by atoms with Gasteiger partial charge in [0.2, 0.25) is 5.95 Å². The summed E-state index contributed by atoms with van der Waals surface area (Å²) >= 11 is 10.2. The molecule has 3 heterocycles. The van der Waals surface area contributed by atoms with Gasteiger partial charge < -0.3 is 25.0 Å². The minimum Gasteiger partial charge on any atom is -0.371 e. The number of likely N-dealkylation sites (tertiary alicyclic amines) is 1. The summed E-state index contributed by atoms with van der Waals surface area (Å²) in [6.07, 6.45) is 4.05. The highest BCUT2D eigenvalue weighted by molar-refractivity contribution is 9.10. The summed E-state index contributed by atoms with van der Waals surface area (Å²) in [4.78, 5) is 13.8. The predicted molar refractivity (Wildman–Crippen MR) is 155 cm³/mol. The van der Waals surface area contributed by atoms with Crippen molar-refractivity contribution in [3.63, 3.8) is 0 Å². The van der Waals surface area contributed by atoms with Crippen LogP contribution in [0.25, 0.3) is 0 Å². The van der Waals surface area contributed by atoms with Crippen LogP contribution < -0.4 is 20.8 Å². The zero-order chi connectivity index (χ0) is 25.5. The first-order chi connectivity index (χ1) is 17.1. The number of hydrogen-bond acceptors (Lipinski definition) is 7. The molecule has 2 saturated heterocycles. The quantitative estimate of drug-likeness (QED) is 0.334. The van der Waals surface area contributed by atoms with Gasteiger partial charge in [-0.15, -0.1) is 0 Å². The van der Waals surface area contributed by atoms with Crippen LogP contribution in [0.1, 0.15) is 12.8 Å². The van der Waals surface area contributed by atoms with Crippen molar-refractivity contribution in [1.82, 2.24) is 14.9 Å². The number of anilines is 5. The minimum atomic E-state index is -2.48. The average Bonchev–Trinajstić information content (AvgIpc) is 2.81. The highest BCUT2D eigenvalue weighted by atomic mass is 79.9. The lowest BCUT2D eigenvalue weighted by Crippen LogP contribution is -2.58. The van der Waals surface area contributed by atoms with E-state index in [2.05, 4.69) is 65.5 Å². The van der Waals surface area contributed by atoms with Gasteiger partial charge in [-0.25, -0.2) is 4.98 Å². The van der Waals surface area contributed by atoms with Crippen molar-refractivity contribution < 1.29 is 4.57 Å². The summed E-state index contributed by atoms with van der Waals surface area (Å²) in [6.45, 7) is 8.11. The number of nitrogens with one attached hydrogen (secondary N) is 2. The number of nitrogens with zero attached hydrogens (tertiary/aromatic N) is 4. The third-order valence-corrected chi connectivity index (χ3v) is 9.52. The topological polar surface area (TPSA) is 73.4 Å². The van der Waals surface area contributed by atoms with E-state index in [1.165, 1.54) is 31.6 Å². The lowest BCUT2D eigenvalue weighted by atomic mass is 9.72. The molecular weight excluding hydrogens is 559 g/mol. The van der Waals surface area contributed by atoms with E-state index in [0.717, 1.165) is 34.2 Å². The summed E-state index contributed by atoms with van der Waals surface area (Å²) in [6, 6.07) is 13.8. The molecule has 190 valence electrons. The lowest BCUT2D eigenvalue weighted by Gasteiger charge is -2.53. The number of hydrogen-bond donors (Lipinski definition) is 2. The molecule has 5 rings (SSSR count). The molecule has 2 N–H and O–H groups in total. The number of rotatable bonds is 6. The molecule has 2 aliphatic heterocycles. The maximum atomic E-state index is 12.7. The normalized spacial score (nSPS) is 17.6. The van der Waals surface area contributed by atoms with Crippen molar-refractivity contribution in [2.75, 3.05) is 62.1 Å². The minimum absolute atomic E-state index is 0.384. The largest absolute Gasteiger partial charge is 0.371 e. The van der Waals surface area contributed by atoms with Crippen LogP contribution in [0, 0.1) is 5.41 Å². The van der Waals surface area contributed by atoms with Gasteiger partial charge in [-0.1, -0.05) is 23.7 Å². The lowest BCUT2D eigenvalue weighted by molar-refractivity contribution is 0.00130. The molecule has 36 heavy (non-hydrogen) atoms. The van der Waals surface area contributed by atoms with E-state index in [-0.39, 0.29) is 0 Å². The van der Waals surface area contributed by atoms with Crippen molar-refractivity contribution in [3.05, 3.63) is 58.2 Å². The second-order valence-corrected chi connectivity index (χ2v) is 14.8. The Morgan fingerprint density at radius 3 is 2.47 bits per heavy atom. The first-order valence-corrected chi connectivity index (χ1v) is 15.8. The first kappa shape index (κ1) is 25.5. The highest BCUT2D eigenvalue weighted by Crippen LogP contribution is 2.42. The Balaban J connectivity index is 1.29. The zero-order valence-corrected chi connectivity index (χ0v) is 24.0. The molecule has 2 aliphatic rings. The molecule has 0 saturated carbocycles. The summed E-state index contributed by atoms with van der Waals surface area (Å²) in [5.74, 6) is 0.874. The fourth-order valence-corrected chi connectivity index (χ4v) is 7.22. The second-order valence-electron chi connectivity index (χ2n) is 10.3. The number of aromatic nitrogens is 2. The molecular formula is C26H31BrClN6OP. The summed E-state index contributed by atoms with van der Waals surface area (Å²) in [5.41, 5.74) is 3.34. The van der Waals surface area contributed by atoms with Crippen LogP contribution >= 0.6 is 34.7 Å². The van der Waals surface area contributed by atoms with Crippen molar-refractivity contribution in [2.45, 2.75) is 12.8 Å². The van der Waals surface area contributed by atoms with E-state index >= 15 is 0 Å². The third-order valence-electron chi connectivity index (χ3n) is 7.06. The second kappa shape index (κ2) is 9.97. The van der Waals surface area contributed by atoms with Gasteiger partial charge >= 0.3 is 0 Å². The predicted octanol–water partition coefficient (Wildman–Crippen LogP) is 6.16. The zero-order valence-electron chi connectivity index (χ0n) is 20.8. The number of benzene rings is 2. The van der Waals surface area contributed by atoms with Crippen LogP contribution in [0.5, 0.6) is 0 Å². The highest BCUT2D eigenvalue weighted by Gasteiger charge is 2.43. The van der Waals surface area contributed by atoms with E-state index in [0.29, 0.717) is 22.2 Å². The van der Waals surface area contributed by atoms with Crippen LogP contribution in [-0.2, 0) is 4.57 Å². The van der Waals surface area contributed by atoms with Crippen LogP contribution in [-0.4, -0.2) is 61.4 Å². The van der Waals surface area contributed by atoms with Gasteiger partial charge in [-0.05, 0) is 84.9 Å². The van der Waals surface area contributed by atoms with Gasteiger partial charge in [-0.3, -0.25) is 0 Å². The van der Waals surface area contributed by atoms with Gasteiger partial charge in [0.25, 0.3) is 0 Å². The molecule has 0 radical (unpaired) electrons. The summed E-state index contributed by atoms with van der Waals surface area (Å²) < 4.78 is 13.8. The molecule has 2 aromatic carbocycles. The Morgan fingerprint density at radius 2 is 1.81 bits per heavy atom. The Bertz CT molecular complexity index is 1320. The Hall–Kier alpha value is -2.12.